The van der Waals surface area contributed by atoms with Crippen molar-refractivity contribution in [3.63, 3.8) is 0 Å². The standard InChI is InChI=1S/C12H11N3O4/c1-18-8-11-13-12(19-14-11)7-6-9-4-2-3-5-10(9)15(16)17/h2-7H,8H2,1H3/b7-6+. The van der Waals surface area contributed by atoms with Crippen molar-refractivity contribution in [3.8, 4) is 0 Å². The van der Waals surface area contributed by atoms with Crippen LogP contribution >= 0.6 is 0 Å². The van der Waals surface area contributed by atoms with Crippen molar-refractivity contribution < 1.29 is 14.2 Å². The Bertz CT molecular complexity index is 607. The van der Waals surface area contributed by atoms with Crippen molar-refractivity contribution in [2.24, 2.45) is 0 Å². The summed E-state index contributed by atoms with van der Waals surface area (Å²) < 4.78 is 9.80. The molecule has 98 valence electrons. The molecule has 0 radical (unpaired) electrons. The predicted molar refractivity (Wildman–Crippen MR) is 67.0 cm³/mol. The van der Waals surface area contributed by atoms with Gasteiger partial charge in [0.2, 0.25) is 0 Å². The van der Waals surface area contributed by atoms with Gasteiger partial charge < -0.3 is 9.26 Å². The highest BCUT2D eigenvalue weighted by atomic mass is 16.6. The molecule has 0 N–H and O–H groups in total. The summed E-state index contributed by atoms with van der Waals surface area (Å²) in [7, 11) is 1.53. The number of benzene rings is 1. The lowest BCUT2D eigenvalue weighted by Gasteiger charge is -1.95. The van der Waals surface area contributed by atoms with Crippen LogP contribution in [0.15, 0.2) is 28.8 Å². The summed E-state index contributed by atoms with van der Waals surface area (Å²) in [6, 6.07) is 6.40. The molecule has 1 aromatic heterocycles. The maximum atomic E-state index is 10.8. The minimum absolute atomic E-state index is 0.0235. The number of ether oxygens (including phenoxy) is 1. The van der Waals surface area contributed by atoms with Crippen LogP contribution in [-0.4, -0.2) is 22.2 Å². The SMILES string of the molecule is COCc1noc(/C=C/c2ccccc2[N+](=O)[O-])n1. The van der Waals surface area contributed by atoms with E-state index in [1.54, 1.807) is 24.3 Å². The average molecular weight is 261 g/mol. The fraction of sp³-hybridized carbons (Fsp3) is 0.167. The first kappa shape index (κ1) is 12.9. The van der Waals surface area contributed by atoms with Gasteiger partial charge in [-0.1, -0.05) is 17.3 Å². The Hall–Kier alpha value is -2.54. The lowest BCUT2D eigenvalue weighted by atomic mass is 10.1. The molecule has 1 heterocycles. The summed E-state index contributed by atoms with van der Waals surface area (Å²) in [5.74, 6) is 0.690. The van der Waals surface area contributed by atoms with Crippen molar-refractivity contribution in [1.82, 2.24) is 10.1 Å². The normalized spacial score (nSPS) is 11.0. The summed E-state index contributed by atoms with van der Waals surface area (Å²) in [6.07, 6.45) is 3.08. The van der Waals surface area contributed by atoms with Crippen LogP contribution in [0.5, 0.6) is 0 Å². The molecule has 7 nitrogen and oxygen atoms in total. The molecule has 19 heavy (non-hydrogen) atoms. The van der Waals surface area contributed by atoms with Gasteiger partial charge >= 0.3 is 0 Å². The van der Waals surface area contributed by atoms with Gasteiger partial charge in [0.25, 0.3) is 11.6 Å². The zero-order chi connectivity index (χ0) is 13.7. The summed E-state index contributed by atoms with van der Waals surface area (Å²) in [4.78, 5) is 14.4. The minimum Gasteiger partial charge on any atom is -0.377 e. The van der Waals surface area contributed by atoms with E-state index in [1.165, 1.54) is 19.3 Å². The third-order valence-corrected chi connectivity index (χ3v) is 2.30. The number of para-hydroxylation sites is 1. The first-order chi connectivity index (χ1) is 9.20. The Morgan fingerprint density at radius 2 is 2.21 bits per heavy atom. The van der Waals surface area contributed by atoms with Gasteiger partial charge in [0.15, 0.2) is 5.82 Å². The number of nitro benzene ring substituents is 1. The van der Waals surface area contributed by atoms with E-state index in [9.17, 15) is 10.1 Å². The Morgan fingerprint density at radius 1 is 1.42 bits per heavy atom. The zero-order valence-corrected chi connectivity index (χ0v) is 10.1. The molecule has 0 aliphatic rings. The van der Waals surface area contributed by atoms with Crippen molar-refractivity contribution in [1.29, 1.82) is 0 Å². The summed E-state index contributed by atoms with van der Waals surface area (Å²) in [6.45, 7) is 0.253. The van der Waals surface area contributed by atoms with Crippen LogP contribution in [0.2, 0.25) is 0 Å². The number of aromatic nitrogens is 2. The van der Waals surface area contributed by atoms with Crippen LogP contribution in [0, 0.1) is 10.1 Å². The van der Waals surface area contributed by atoms with E-state index in [0.29, 0.717) is 11.4 Å². The molecule has 0 aliphatic heterocycles. The molecule has 2 aromatic rings. The molecule has 0 spiro atoms. The molecule has 0 atom stereocenters. The van der Waals surface area contributed by atoms with Gasteiger partial charge in [-0.25, -0.2) is 0 Å². The Morgan fingerprint density at radius 3 is 2.95 bits per heavy atom. The van der Waals surface area contributed by atoms with E-state index in [0.717, 1.165) is 0 Å². The molecular formula is C12H11N3O4. The summed E-state index contributed by atoms with van der Waals surface area (Å²) in [5, 5.41) is 14.5. The highest BCUT2D eigenvalue weighted by molar-refractivity contribution is 5.71. The third-order valence-electron chi connectivity index (χ3n) is 2.30. The van der Waals surface area contributed by atoms with Gasteiger partial charge in [-0.05, 0) is 12.1 Å². The van der Waals surface area contributed by atoms with Crippen molar-refractivity contribution in [2.75, 3.05) is 7.11 Å². The monoisotopic (exact) mass is 261 g/mol. The maximum absolute atomic E-state index is 10.8. The highest BCUT2D eigenvalue weighted by Gasteiger charge is 2.10. The van der Waals surface area contributed by atoms with Crippen LogP contribution in [0.4, 0.5) is 5.69 Å². The van der Waals surface area contributed by atoms with E-state index in [4.69, 9.17) is 9.26 Å². The van der Waals surface area contributed by atoms with Gasteiger partial charge in [-0.2, -0.15) is 4.98 Å². The molecule has 0 bridgehead atoms. The van der Waals surface area contributed by atoms with E-state index in [-0.39, 0.29) is 18.2 Å². The molecule has 0 aliphatic carbocycles. The van der Waals surface area contributed by atoms with Gasteiger partial charge in [0.05, 0.1) is 10.5 Å². The van der Waals surface area contributed by atoms with E-state index < -0.39 is 4.92 Å². The maximum Gasteiger partial charge on any atom is 0.276 e. The fourth-order valence-electron chi connectivity index (χ4n) is 1.48. The smallest absolute Gasteiger partial charge is 0.276 e. The first-order valence-electron chi connectivity index (χ1n) is 5.43. The van der Waals surface area contributed by atoms with Gasteiger partial charge in [-0.15, -0.1) is 0 Å². The first-order valence-corrected chi connectivity index (χ1v) is 5.43. The van der Waals surface area contributed by atoms with Crippen molar-refractivity contribution >= 4 is 17.8 Å². The second kappa shape index (κ2) is 5.87. The van der Waals surface area contributed by atoms with Crippen molar-refractivity contribution in [3.05, 3.63) is 51.7 Å². The van der Waals surface area contributed by atoms with Gasteiger partial charge in [0, 0.05) is 19.3 Å². The molecule has 0 fully saturated rings. The quantitative estimate of drug-likeness (QED) is 0.605. The van der Waals surface area contributed by atoms with E-state index >= 15 is 0 Å². The molecule has 0 saturated heterocycles. The highest BCUT2D eigenvalue weighted by Crippen LogP contribution is 2.19. The number of nitrogens with zero attached hydrogens (tertiary/aromatic N) is 3. The Kier molecular flexibility index (Phi) is 3.99. The lowest BCUT2D eigenvalue weighted by Crippen LogP contribution is -1.90. The van der Waals surface area contributed by atoms with Gasteiger partial charge in [0.1, 0.15) is 6.61 Å². The molecule has 1 aromatic carbocycles. The van der Waals surface area contributed by atoms with Crippen molar-refractivity contribution in [2.45, 2.75) is 6.61 Å². The van der Waals surface area contributed by atoms with E-state index in [1.807, 2.05) is 0 Å². The van der Waals surface area contributed by atoms with Crippen LogP contribution in [0.25, 0.3) is 12.2 Å². The summed E-state index contributed by atoms with van der Waals surface area (Å²) in [5.41, 5.74) is 0.495. The second-order valence-corrected chi connectivity index (χ2v) is 3.63. The Balaban J connectivity index is 2.20. The zero-order valence-electron chi connectivity index (χ0n) is 10.1. The number of methoxy groups -OCH3 is 1. The molecule has 0 amide bonds. The predicted octanol–water partition coefficient (Wildman–Crippen LogP) is 2.29. The molecular weight excluding hydrogens is 250 g/mol. The molecule has 2 rings (SSSR count). The average Bonchev–Trinajstić information content (AvgIpc) is 2.85. The Labute approximate surface area is 108 Å². The molecule has 0 unspecified atom stereocenters. The van der Waals surface area contributed by atoms with Crippen LogP contribution in [0.3, 0.4) is 0 Å². The minimum atomic E-state index is -0.441. The van der Waals surface area contributed by atoms with Crippen LogP contribution < -0.4 is 0 Å². The summed E-state index contributed by atoms with van der Waals surface area (Å²) >= 11 is 0. The number of rotatable bonds is 5. The van der Waals surface area contributed by atoms with Gasteiger partial charge in [-0.3, -0.25) is 10.1 Å². The number of hydrogen-bond donors (Lipinski definition) is 0. The van der Waals surface area contributed by atoms with Crippen LogP contribution in [-0.2, 0) is 11.3 Å². The topological polar surface area (TPSA) is 91.3 Å². The molecule has 7 heteroatoms. The molecule has 0 saturated carbocycles. The number of hydrogen-bond acceptors (Lipinski definition) is 6. The second-order valence-electron chi connectivity index (χ2n) is 3.63. The van der Waals surface area contributed by atoms with Crippen LogP contribution in [0.1, 0.15) is 17.3 Å². The van der Waals surface area contributed by atoms with E-state index in [2.05, 4.69) is 10.1 Å². The number of nitro groups is 1. The third kappa shape index (κ3) is 3.23. The largest absolute Gasteiger partial charge is 0.377 e. The lowest BCUT2D eigenvalue weighted by molar-refractivity contribution is -0.385. The fourth-order valence-corrected chi connectivity index (χ4v) is 1.48.